The van der Waals surface area contributed by atoms with Crippen molar-refractivity contribution >= 4 is 28.8 Å². The largest absolute Gasteiger partial charge is 0.486 e. The first kappa shape index (κ1) is 18.7. The van der Waals surface area contributed by atoms with E-state index >= 15 is 0 Å². The van der Waals surface area contributed by atoms with Crippen molar-refractivity contribution < 1.29 is 9.53 Å². The molecule has 4 nitrogen and oxygen atoms in total. The Morgan fingerprint density at radius 2 is 2.00 bits per heavy atom. The van der Waals surface area contributed by atoms with Gasteiger partial charge in [0.05, 0.1) is 5.69 Å². The van der Waals surface area contributed by atoms with Crippen molar-refractivity contribution in [3.63, 3.8) is 0 Å². The fraction of sp³-hybridized carbons (Fsp3) is 0.444. The molecule has 1 amide bonds. The lowest BCUT2D eigenvalue weighted by molar-refractivity contribution is 0.0912. The van der Waals surface area contributed by atoms with Crippen LogP contribution in [-0.4, -0.2) is 16.4 Å². The normalized spacial score (nSPS) is 11.4. The molecule has 130 valence electrons. The third kappa shape index (κ3) is 5.21. The highest BCUT2D eigenvalue weighted by atomic mass is 35.5. The first-order valence-corrected chi connectivity index (χ1v) is 9.17. The summed E-state index contributed by atoms with van der Waals surface area (Å²) in [5.41, 5.74) is 0.516. The van der Waals surface area contributed by atoms with Gasteiger partial charge in [-0.15, -0.1) is 11.3 Å². The van der Waals surface area contributed by atoms with Crippen molar-refractivity contribution in [2.24, 2.45) is 0 Å². The Labute approximate surface area is 152 Å². The SMILES string of the molecule is CCCC(C)(C)NC(=O)c1sc(COc2ccc(Cl)cc2)nc1C. The molecule has 0 unspecified atom stereocenters. The van der Waals surface area contributed by atoms with Crippen LogP contribution in [0.1, 0.15) is 54.0 Å². The van der Waals surface area contributed by atoms with Gasteiger partial charge in [0.2, 0.25) is 0 Å². The van der Waals surface area contributed by atoms with E-state index in [2.05, 4.69) is 17.2 Å². The number of nitrogens with one attached hydrogen (secondary N) is 1. The smallest absolute Gasteiger partial charge is 0.263 e. The van der Waals surface area contributed by atoms with Crippen molar-refractivity contribution in [3.8, 4) is 5.75 Å². The van der Waals surface area contributed by atoms with E-state index in [-0.39, 0.29) is 11.4 Å². The van der Waals surface area contributed by atoms with Gasteiger partial charge in [-0.25, -0.2) is 4.98 Å². The molecule has 0 saturated heterocycles. The molecule has 0 bridgehead atoms. The lowest BCUT2D eigenvalue weighted by Crippen LogP contribution is -2.43. The summed E-state index contributed by atoms with van der Waals surface area (Å²) < 4.78 is 5.69. The van der Waals surface area contributed by atoms with Gasteiger partial charge in [0, 0.05) is 10.6 Å². The van der Waals surface area contributed by atoms with Crippen molar-refractivity contribution in [2.45, 2.75) is 52.7 Å². The Morgan fingerprint density at radius 3 is 2.62 bits per heavy atom. The quantitative estimate of drug-likeness (QED) is 0.750. The van der Waals surface area contributed by atoms with Crippen LogP contribution in [0.25, 0.3) is 0 Å². The first-order valence-electron chi connectivity index (χ1n) is 7.98. The lowest BCUT2D eigenvalue weighted by atomic mass is 9.99. The van der Waals surface area contributed by atoms with Crippen molar-refractivity contribution in [2.75, 3.05) is 0 Å². The molecule has 2 aromatic rings. The van der Waals surface area contributed by atoms with E-state index in [1.54, 1.807) is 12.1 Å². The van der Waals surface area contributed by atoms with Gasteiger partial charge in [-0.2, -0.15) is 0 Å². The Kier molecular flexibility index (Phi) is 6.24. The van der Waals surface area contributed by atoms with E-state index in [0.717, 1.165) is 29.3 Å². The molecule has 0 spiro atoms. The van der Waals surface area contributed by atoms with Gasteiger partial charge in [0.25, 0.3) is 5.91 Å². The summed E-state index contributed by atoms with van der Waals surface area (Å²) in [4.78, 5) is 17.6. The van der Waals surface area contributed by atoms with Crippen LogP contribution in [0.4, 0.5) is 0 Å². The monoisotopic (exact) mass is 366 g/mol. The zero-order valence-electron chi connectivity index (χ0n) is 14.5. The third-order valence-electron chi connectivity index (χ3n) is 3.55. The summed E-state index contributed by atoms with van der Waals surface area (Å²) in [5.74, 6) is 0.656. The summed E-state index contributed by atoms with van der Waals surface area (Å²) in [6.07, 6.45) is 1.96. The van der Waals surface area contributed by atoms with Crippen molar-refractivity contribution in [3.05, 3.63) is 44.9 Å². The van der Waals surface area contributed by atoms with E-state index in [1.165, 1.54) is 11.3 Å². The van der Waals surface area contributed by atoms with Crippen molar-refractivity contribution in [1.82, 2.24) is 10.3 Å². The van der Waals surface area contributed by atoms with Crippen LogP contribution in [0.15, 0.2) is 24.3 Å². The van der Waals surface area contributed by atoms with Crippen LogP contribution in [0, 0.1) is 6.92 Å². The predicted octanol–water partition coefficient (Wildman–Crippen LogP) is 4.99. The zero-order chi connectivity index (χ0) is 17.7. The number of amides is 1. The molecule has 0 fully saturated rings. The number of benzene rings is 1. The minimum absolute atomic E-state index is 0.0683. The number of halogens is 1. The van der Waals surface area contributed by atoms with E-state index in [4.69, 9.17) is 16.3 Å². The Bertz CT molecular complexity index is 696. The minimum atomic E-state index is -0.220. The summed E-state index contributed by atoms with van der Waals surface area (Å²) >= 11 is 7.23. The maximum absolute atomic E-state index is 12.5. The number of aromatic nitrogens is 1. The Hall–Kier alpha value is -1.59. The van der Waals surface area contributed by atoms with Gasteiger partial charge in [-0.1, -0.05) is 24.9 Å². The highest BCUT2D eigenvalue weighted by Gasteiger charge is 2.23. The summed E-state index contributed by atoms with van der Waals surface area (Å²) in [7, 11) is 0. The van der Waals surface area contributed by atoms with Gasteiger partial charge < -0.3 is 10.1 Å². The first-order chi connectivity index (χ1) is 11.3. The van der Waals surface area contributed by atoms with E-state index < -0.39 is 0 Å². The van der Waals surface area contributed by atoms with Gasteiger partial charge >= 0.3 is 0 Å². The van der Waals surface area contributed by atoms with Crippen LogP contribution in [0.3, 0.4) is 0 Å². The molecule has 0 aliphatic heterocycles. The minimum Gasteiger partial charge on any atom is -0.486 e. The van der Waals surface area contributed by atoms with Crippen LogP contribution >= 0.6 is 22.9 Å². The number of aryl methyl sites for hydroxylation is 1. The molecule has 1 aromatic heterocycles. The highest BCUT2D eigenvalue weighted by Crippen LogP contribution is 2.22. The van der Waals surface area contributed by atoms with E-state index in [1.807, 2.05) is 32.9 Å². The standard InChI is InChI=1S/C18H23ClN2O2S/c1-5-10-18(3,4)21-17(22)16-12(2)20-15(24-16)11-23-14-8-6-13(19)7-9-14/h6-9H,5,10-11H2,1-4H3,(H,21,22). The summed E-state index contributed by atoms with van der Waals surface area (Å²) in [5, 5.41) is 4.53. The lowest BCUT2D eigenvalue weighted by Gasteiger charge is -2.25. The summed E-state index contributed by atoms with van der Waals surface area (Å²) in [6, 6.07) is 7.17. The molecule has 1 aromatic carbocycles. The predicted molar refractivity (Wildman–Crippen MR) is 99.1 cm³/mol. The molecule has 0 saturated carbocycles. The molecular weight excluding hydrogens is 344 g/mol. The maximum atomic E-state index is 12.5. The van der Waals surface area contributed by atoms with E-state index in [0.29, 0.717) is 16.5 Å². The second kappa shape index (κ2) is 7.99. The number of rotatable bonds is 7. The molecule has 0 aliphatic rings. The molecule has 0 atom stereocenters. The molecule has 2 rings (SSSR count). The molecular formula is C18H23ClN2O2S. The fourth-order valence-electron chi connectivity index (χ4n) is 2.45. The number of hydrogen-bond donors (Lipinski definition) is 1. The Morgan fingerprint density at radius 1 is 1.33 bits per heavy atom. The van der Waals surface area contributed by atoms with Crippen LogP contribution < -0.4 is 10.1 Å². The number of carbonyl (C=O) groups is 1. The number of nitrogens with zero attached hydrogens (tertiary/aromatic N) is 1. The molecule has 1 heterocycles. The number of ether oxygens (including phenoxy) is 1. The molecule has 24 heavy (non-hydrogen) atoms. The number of hydrogen-bond acceptors (Lipinski definition) is 4. The summed E-state index contributed by atoms with van der Waals surface area (Å²) in [6.45, 7) is 8.37. The molecule has 0 aliphatic carbocycles. The van der Waals surface area contributed by atoms with E-state index in [9.17, 15) is 4.79 Å². The molecule has 6 heteroatoms. The van der Waals surface area contributed by atoms with Crippen LogP contribution in [-0.2, 0) is 6.61 Å². The second-order valence-electron chi connectivity index (χ2n) is 6.35. The van der Waals surface area contributed by atoms with Gasteiger partial charge in [0.15, 0.2) is 0 Å². The highest BCUT2D eigenvalue weighted by molar-refractivity contribution is 7.13. The number of thiazole rings is 1. The topological polar surface area (TPSA) is 51.2 Å². The second-order valence-corrected chi connectivity index (χ2v) is 7.87. The Balaban J connectivity index is 2.01. The van der Waals surface area contributed by atoms with Gasteiger partial charge in [-0.3, -0.25) is 4.79 Å². The van der Waals surface area contributed by atoms with Crippen LogP contribution in [0.2, 0.25) is 5.02 Å². The number of carbonyl (C=O) groups excluding carboxylic acids is 1. The fourth-order valence-corrected chi connectivity index (χ4v) is 3.45. The molecule has 1 N–H and O–H groups in total. The average molecular weight is 367 g/mol. The van der Waals surface area contributed by atoms with Gasteiger partial charge in [-0.05, 0) is 51.5 Å². The van der Waals surface area contributed by atoms with Crippen LogP contribution in [0.5, 0.6) is 5.75 Å². The average Bonchev–Trinajstić information content (AvgIpc) is 2.87. The maximum Gasteiger partial charge on any atom is 0.263 e. The zero-order valence-corrected chi connectivity index (χ0v) is 16.1. The third-order valence-corrected chi connectivity index (χ3v) is 4.93. The van der Waals surface area contributed by atoms with Gasteiger partial charge in [0.1, 0.15) is 22.2 Å². The molecule has 0 radical (unpaired) electrons. The van der Waals surface area contributed by atoms with Crippen molar-refractivity contribution in [1.29, 1.82) is 0 Å².